The number of sulfonamides is 5. The fraction of sp³-hybridized carbons (Fsp3) is 0.0606. The van der Waals surface area contributed by atoms with Crippen LogP contribution in [0.3, 0.4) is 0 Å². The minimum atomic E-state index is -3.97. The molecule has 15 rings (SSSR count). The average molecular weight is 1990 g/mol. The van der Waals surface area contributed by atoms with Crippen molar-refractivity contribution in [2.75, 3.05) is 30.7 Å². The number of pyridine rings is 2. The van der Waals surface area contributed by atoms with Crippen molar-refractivity contribution in [1.82, 2.24) is 9.97 Å². The molecule has 0 aliphatic rings. The lowest BCUT2D eigenvalue weighted by atomic mass is 10.0. The molecule has 0 unspecified atom stereocenters. The number of ether oxygens (including phenoxy) is 1. The van der Waals surface area contributed by atoms with Gasteiger partial charge in [-0.2, -0.15) is 0 Å². The normalized spacial score (nSPS) is 11.1. The van der Waals surface area contributed by atoms with Gasteiger partial charge < -0.3 is 4.74 Å². The van der Waals surface area contributed by atoms with E-state index in [4.69, 9.17) is 39.5 Å². The topological polar surface area (TPSA) is 351 Å². The third kappa shape index (κ3) is 26.8. The molecule has 0 atom stereocenters. The Balaban J connectivity index is 0.000000159. The smallest absolute Gasteiger partial charge is 0.261 e. The van der Waals surface area contributed by atoms with Crippen LogP contribution in [0.15, 0.2) is 381 Å². The van der Waals surface area contributed by atoms with Crippen molar-refractivity contribution in [2.24, 2.45) is 0 Å². The molecule has 132 heavy (non-hydrogen) atoms. The Morgan fingerprint density at radius 2 is 0.576 bits per heavy atom. The van der Waals surface area contributed by atoms with E-state index in [1.165, 1.54) is 141 Å². The van der Waals surface area contributed by atoms with Gasteiger partial charge in [0.25, 0.3) is 50.1 Å². The van der Waals surface area contributed by atoms with Crippen LogP contribution in [-0.4, -0.2) is 88.1 Å². The number of rotatable bonds is 27. The quantitative estimate of drug-likeness (QED) is 0.0299. The second-order valence-corrected chi connectivity index (χ2v) is 39.5. The fourth-order valence-corrected chi connectivity index (χ4v) is 18.6. The van der Waals surface area contributed by atoms with Crippen molar-refractivity contribution in [3.63, 3.8) is 0 Å². The van der Waals surface area contributed by atoms with Gasteiger partial charge in [0.15, 0.2) is 28.9 Å². The van der Waals surface area contributed by atoms with E-state index in [1.807, 2.05) is 33.8 Å². The average Bonchev–Trinajstić information content (AvgIpc) is 0.816. The molecule has 23 nitrogen and oxygen atoms in total. The molecule has 0 amide bonds. The van der Waals surface area contributed by atoms with Crippen LogP contribution in [0.25, 0.3) is 0 Å². The number of carbonyl (C=O) groups is 5. The molecule has 672 valence electrons. The summed E-state index contributed by atoms with van der Waals surface area (Å²) in [6, 6.07) is 85.5. The lowest BCUT2D eigenvalue weighted by molar-refractivity contribution is 0.103. The Hall–Kier alpha value is -13.7. The van der Waals surface area contributed by atoms with Crippen molar-refractivity contribution in [3.8, 4) is 5.75 Å². The lowest BCUT2D eigenvalue weighted by Gasteiger charge is -2.13. The van der Waals surface area contributed by atoms with Gasteiger partial charge in [-0.05, 0) is 221 Å². The van der Waals surface area contributed by atoms with E-state index in [0.29, 0.717) is 53.1 Å². The van der Waals surface area contributed by atoms with E-state index >= 15 is 0 Å². The van der Waals surface area contributed by atoms with E-state index < -0.39 is 61.7 Å². The van der Waals surface area contributed by atoms with Crippen molar-refractivity contribution >= 4 is 158 Å². The molecule has 0 aliphatic carbocycles. The van der Waals surface area contributed by atoms with E-state index in [9.17, 15) is 70.5 Å². The summed E-state index contributed by atoms with van der Waals surface area (Å²) in [6.45, 7) is 7.62. The maximum atomic E-state index is 13.7. The second-order valence-electron chi connectivity index (χ2n) is 28.8. The highest BCUT2D eigenvalue weighted by atomic mass is 79.9. The minimum Gasteiger partial charge on any atom is -0.497 e. The molecule has 0 spiro atoms. The van der Waals surface area contributed by atoms with Crippen LogP contribution in [0, 0.1) is 26.6 Å². The van der Waals surface area contributed by atoms with Gasteiger partial charge in [0.2, 0.25) is 0 Å². The van der Waals surface area contributed by atoms with E-state index in [-0.39, 0.29) is 104 Å². The van der Waals surface area contributed by atoms with Crippen LogP contribution < -0.4 is 28.3 Å². The predicted molar refractivity (Wildman–Crippen MR) is 516 cm³/mol. The molecule has 2 heterocycles. The molecule has 13 aromatic carbocycles. The van der Waals surface area contributed by atoms with Gasteiger partial charge in [-0.25, -0.2) is 46.5 Å². The zero-order valence-electron chi connectivity index (χ0n) is 70.6. The Morgan fingerprint density at radius 1 is 0.318 bits per heavy atom. The molecule has 33 heteroatoms. The first kappa shape index (κ1) is 98.9. The zero-order chi connectivity index (χ0) is 95.1. The molecular weight excluding hydrogens is 1910 g/mol. The molecule has 5 N–H and O–H groups in total. The maximum Gasteiger partial charge on any atom is 0.261 e. The number of hydrogen-bond donors (Lipinski definition) is 5. The number of aryl methyl sites for hydroxylation is 4. The van der Waals surface area contributed by atoms with Gasteiger partial charge in [-0.1, -0.05) is 214 Å². The number of hydrogen-bond acceptors (Lipinski definition) is 18. The van der Waals surface area contributed by atoms with Gasteiger partial charge in [0, 0.05) is 100.0 Å². The summed E-state index contributed by atoms with van der Waals surface area (Å²) in [5.74, 6) is -1.92. The molecule has 0 bridgehead atoms. The Kier molecular flexibility index (Phi) is 33.6. The van der Waals surface area contributed by atoms with Crippen LogP contribution in [0.2, 0.25) is 15.1 Å². The molecule has 0 saturated heterocycles. The molecular formula is C99H80BrCl3FN7O16S5. The van der Waals surface area contributed by atoms with Crippen molar-refractivity contribution in [3.05, 3.63) is 456 Å². The maximum absolute atomic E-state index is 13.7. The van der Waals surface area contributed by atoms with E-state index in [2.05, 4.69) is 49.5 Å². The second kappa shape index (κ2) is 44.8. The fourth-order valence-electron chi connectivity index (χ4n) is 12.3. The Labute approximate surface area is 787 Å². The largest absolute Gasteiger partial charge is 0.497 e. The summed E-state index contributed by atoms with van der Waals surface area (Å²) in [7, 11) is -17.8. The minimum absolute atomic E-state index is 0.000992. The molecule has 0 saturated carbocycles. The number of ketones is 5. The summed E-state index contributed by atoms with van der Waals surface area (Å²) < 4.78 is 158. The van der Waals surface area contributed by atoms with E-state index in [0.717, 1.165) is 40.8 Å². The van der Waals surface area contributed by atoms with Crippen molar-refractivity contribution in [2.45, 2.75) is 58.6 Å². The predicted octanol–water partition coefficient (Wildman–Crippen LogP) is 21.7. The van der Waals surface area contributed by atoms with Crippen LogP contribution in [-0.2, 0) is 56.5 Å². The zero-order valence-corrected chi connectivity index (χ0v) is 78.5. The highest BCUT2D eigenvalue weighted by molar-refractivity contribution is 9.10. The van der Waals surface area contributed by atoms with Gasteiger partial charge >= 0.3 is 0 Å². The molecule has 2 aromatic heterocycles. The molecule has 15 aromatic rings. The number of carbonyl (C=O) groups excluding carboxylic acids is 5. The van der Waals surface area contributed by atoms with E-state index in [1.54, 1.807) is 200 Å². The third-order valence-electron chi connectivity index (χ3n) is 19.3. The van der Waals surface area contributed by atoms with Gasteiger partial charge in [-0.15, -0.1) is 0 Å². The van der Waals surface area contributed by atoms with Crippen LogP contribution in [0.4, 0.5) is 32.8 Å². The highest BCUT2D eigenvalue weighted by Crippen LogP contribution is 2.34. The van der Waals surface area contributed by atoms with Crippen molar-refractivity contribution in [1.29, 1.82) is 0 Å². The van der Waals surface area contributed by atoms with Crippen LogP contribution >= 0.6 is 50.7 Å². The number of benzene rings is 13. The van der Waals surface area contributed by atoms with Crippen molar-refractivity contribution < 1.29 is 75.2 Å². The van der Waals surface area contributed by atoms with Crippen LogP contribution in [0.1, 0.15) is 109 Å². The Morgan fingerprint density at radius 3 is 0.864 bits per heavy atom. The Bertz CT molecular complexity index is 6720. The van der Waals surface area contributed by atoms with Gasteiger partial charge in [0.05, 0.1) is 60.0 Å². The number of anilines is 5. The molecule has 0 aliphatic heterocycles. The number of halogens is 5. The standard InChI is InChI=1S/C20H16BrNO3S.C20H17ClN2O3S.C20H16ClNO3S.C20H16FNO4S.C19H15ClN2O3S/c1-14-7-10-17(11-8-14)26(24,25)22-19-12-9-16(21)13-18(19)20(23)15-5-3-2-4-6-15;1-2-14-5-8-17(9-6-14)27(25,26)23-19-10-7-16(21)12-18(19)20(24)15-4-3-11-22-13-15;1-14-7-10-17(11-8-14)26(24,25)22-19-12-9-16(21)13-18(19)20(23)15-5-3-2-4-6-15;1-26-16-8-10-17(11-9-16)27(24,25)22-19-12-7-15(21)13-18(19)20(23)14-5-3-2-4-6-14;1-13-4-7-16(8-5-13)26(24,25)22-18-9-6-15(20)11-17(18)19(23)14-3-2-10-21-12-14/h2-13,22H,1H3;3-13,23H,2H2,1H3;2-13,22H,1H3;2-13,22H,1H3;2-12,22H,1H3. The number of aromatic nitrogens is 2. The SMILES string of the molecule is CCc1ccc(S(=O)(=O)Nc2ccc(Cl)cc2C(=O)c2cccnc2)cc1.COc1ccc(S(=O)(=O)Nc2ccc(F)cc2C(=O)c2ccccc2)cc1.Cc1ccc(S(=O)(=O)Nc2ccc(Br)cc2C(=O)c2ccccc2)cc1.Cc1ccc(S(=O)(=O)Nc2ccc(Cl)cc2C(=O)c2ccccc2)cc1.Cc1ccc(S(=O)(=O)Nc2ccc(Cl)cc2C(=O)c2cccnc2)cc1. The molecule has 0 radical (unpaired) electrons. The number of nitrogens with one attached hydrogen (secondary N) is 5. The number of nitrogens with zero attached hydrogens (tertiary/aromatic N) is 2. The third-order valence-corrected chi connectivity index (χ3v) is 27.4. The lowest BCUT2D eigenvalue weighted by Crippen LogP contribution is -2.16. The highest BCUT2D eigenvalue weighted by Gasteiger charge is 2.27. The summed E-state index contributed by atoms with van der Waals surface area (Å²) in [6.07, 6.45) is 6.76. The number of methoxy groups -OCH3 is 1. The van der Waals surface area contributed by atoms with Crippen LogP contribution in [0.5, 0.6) is 5.75 Å². The first-order valence-electron chi connectivity index (χ1n) is 39.6. The van der Waals surface area contributed by atoms with Gasteiger partial charge in [0.1, 0.15) is 11.6 Å². The monoisotopic (exact) mass is 1990 g/mol. The summed E-state index contributed by atoms with van der Waals surface area (Å²) in [5.41, 5.74) is 7.30. The first-order chi connectivity index (χ1) is 62.9. The molecule has 0 fully saturated rings. The summed E-state index contributed by atoms with van der Waals surface area (Å²) >= 11 is 21.4. The summed E-state index contributed by atoms with van der Waals surface area (Å²) in [5, 5.41) is 1.01. The first-order valence-corrected chi connectivity index (χ1v) is 49.0. The van der Waals surface area contributed by atoms with Gasteiger partial charge in [-0.3, -0.25) is 57.6 Å². The summed E-state index contributed by atoms with van der Waals surface area (Å²) in [4.78, 5) is 72.2.